The monoisotopic (exact) mass is 241 g/mol. The number of carbonyl (C=O) groups is 1. The number of para-hydroxylation sites is 1. The molecule has 0 saturated carbocycles. The number of aromatic nitrogens is 3. The standard InChI is InChI=1S/C13H8FN3O/c14-10-5-6-12(9(7-10)8-18)17-13-4-2-1-3-11(13)15-16-17/h1-8H. The highest BCUT2D eigenvalue weighted by molar-refractivity contribution is 5.83. The lowest BCUT2D eigenvalue weighted by atomic mass is 10.2. The van der Waals surface area contributed by atoms with E-state index in [-0.39, 0.29) is 5.56 Å². The van der Waals surface area contributed by atoms with Crippen LogP contribution in [-0.2, 0) is 0 Å². The van der Waals surface area contributed by atoms with E-state index in [1.165, 1.54) is 22.9 Å². The van der Waals surface area contributed by atoms with Crippen molar-refractivity contribution in [2.75, 3.05) is 0 Å². The van der Waals surface area contributed by atoms with Crippen molar-refractivity contribution in [1.29, 1.82) is 0 Å². The zero-order valence-electron chi connectivity index (χ0n) is 9.25. The molecule has 0 aliphatic carbocycles. The van der Waals surface area contributed by atoms with Gasteiger partial charge in [-0.15, -0.1) is 5.10 Å². The molecule has 1 heterocycles. The summed E-state index contributed by atoms with van der Waals surface area (Å²) in [5, 5.41) is 7.99. The van der Waals surface area contributed by atoms with Crippen molar-refractivity contribution < 1.29 is 9.18 Å². The molecule has 0 radical (unpaired) electrons. The molecule has 88 valence electrons. The summed E-state index contributed by atoms with van der Waals surface area (Å²) in [5.41, 5.74) is 2.25. The Kier molecular flexibility index (Phi) is 2.37. The Morgan fingerprint density at radius 2 is 2.00 bits per heavy atom. The summed E-state index contributed by atoms with van der Waals surface area (Å²) in [4.78, 5) is 11.0. The van der Waals surface area contributed by atoms with Crippen molar-refractivity contribution in [2.24, 2.45) is 0 Å². The minimum Gasteiger partial charge on any atom is -0.298 e. The molecule has 0 aliphatic rings. The first-order valence-electron chi connectivity index (χ1n) is 5.35. The second-order valence-electron chi connectivity index (χ2n) is 3.81. The van der Waals surface area contributed by atoms with E-state index in [0.717, 1.165) is 11.0 Å². The molecule has 0 unspecified atom stereocenters. The van der Waals surface area contributed by atoms with Crippen LogP contribution in [0.4, 0.5) is 4.39 Å². The molecule has 0 saturated heterocycles. The topological polar surface area (TPSA) is 47.8 Å². The molecule has 3 aromatic rings. The normalized spacial score (nSPS) is 10.7. The van der Waals surface area contributed by atoms with Gasteiger partial charge in [0.2, 0.25) is 0 Å². The molecule has 3 rings (SSSR count). The molecular weight excluding hydrogens is 233 g/mol. The fourth-order valence-corrected chi connectivity index (χ4v) is 1.86. The molecule has 5 heteroatoms. The number of aldehydes is 1. The molecule has 0 bridgehead atoms. The van der Waals surface area contributed by atoms with Gasteiger partial charge in [0.25, 0.3) is 0 Å². The van der Waals surface area contributed by atoms with Crippen molar-refractivity contribution in [3.8, 4) is 5.69 Å². The van der Waals surface area contributed by atoms with Crippen LogP contribution in [0.15, 0.2) is 42.5 Å². The van der Waals surface area contributed by atoms with Crippen molar-refractivity contribution in [1.82, 2.24) is 15.0 Å². The van der Waals surface area contributed by atoms with Crippen LogP contribution >= 0.6 is 0 Å². The molecule has 0 N–H and O–H groups in total. The minimum absolute atomic E-state index is 0.241. The Morgan fingerprint density at radius 3 is 2.83 bits per heavy atom. The van der Waals surface area contributed by atoms with E-state index in [9.17, 15) is 9.18 Å². The number of hydrogen-bond donors (Lipinski definition) is 0. The highest BCUT2D eigenvalue weighted by atomic mass is 19.1. The molecule has 18 heavy (non-hydrogen) atoms. The number of rotatable bonds is 2. The van der Waals surface area contributed by atoms with Gasteiger partial charge in [0, 0.05) is 5.56 Å². The fraction of sp³-hybridized carbons (Fsp3) is 0. The summed E-state index contributed by atoms with van der Waals surface area (Å²) in [5.74, 6) is -0.453. The van der Waals surface area contributed by atoms with E-state index in [1.807, 2.05) is 24.3 Å². The molecule has 1 aromatic heterocycles. The van der Waals surface area contributed by atoms with Gasteiger partial charge in [-0.25, -0.2) is 9.07 Å². The summed E-state index contributed by atoms with van der Waals surface area (Å²) in [6, 6.07) is 11.4. The van der Waals surface area contributed by atoms with Gasteiger partial charge >= 0.3 is 0 Å². The summed E-state index contributed by atoms with van der Waals surface area (Å²) < 4.78 is 14.6. The fourth-order valence-electron chi connectivity index (χ4n) is 1.86. The third-order valence-electron chi connectivity index (χ3n) is 2.70. The van der Waals surface area contributed by atoms with Crippen LogP contribution in [0.3, 0.4) is 0 Å². The Balaban J connectivity index is 2.29. The maximum Gasteiger partial charge on any atom is 0.152 e. The summed E-state index contributed by atoms with van der Waals surface area (Å²) >= 11 is 0. The van der Waals surface area contributed by atoms with Gasteiger partial charge < -0.3 is 0 Å². The predicted octanol–water partition coefficient (Wildman–Crippen LogP) is 2.37. The number of carbonyl (C=O) groups excluding carboxylic acids is 1. The first-order chi connectivity index (χ1) is 8.79. The highest BCUT2D eigenvalue weighted by Gasteiger charge is 2.10. The minimum atomic E-state index is -0.453. The molecule has 4 nitrogen and oxygen atoms in total. The van der Waals surface area contributed by atoms with Crippen molar-refractivity contribution in [2.45, 2.75) is 0 Å². The lowest BCUT2D eigenvalue weighted by Gasteiger charge is -2.05. The van der Waals surface area contributed by atoms with Gasteiger partial charge in [0.1, 0.15) is 11.3 Å². The van der Waals surface area contributed by atoms with Crippen molar-refractivity contribution >= 4 is 17.3 Å². The molecule has 2 aromatic carbocycles. The Bertz CT molecular complexity index is 736. The van der Waals surface area contributed by atoms with Gasteiger partial charge in [-0.1, -0.05) is 17.3 Å². The summed E-state index contributed by atoms with van der Waals surface area (Å²) in [7, 11) is 0. The largest absolute Gasteiger partial charge is 0.298 e. The molecule has 0 atom stereocenters. The van der Waals surface area contributed by atoms with Crippen LogP contribution in [0.1, 0.15) is 10.4 Å². The van der Waals surface area contributed by atoms with Gasteiger partial charge in [-0.2, -0.15) is 0 Å². The van der Waals surface area contributed by atoms with Crippen LogP contribution in [0.2, 0.25) is 0 Å². The number of benzene rings is 2. The molecule has 0 spiro atoms. The summed E-state index contributed by atoms with van der Waals surface area (Å²) in [6.07, 6.45) is 0.606. The maximum atomic E-state index is 13.1. The zero-order valence-corrected chi connectivity index (χ0v) is 9.25. The van der Waals surface area contributed by atoms with Gasteiger partial charge in [0.15, 0.2) is 6.29 Å². The van der Waals surface area contributed by atoms with Crippen LogP contribution in [0, 0.1) is 5.82 Å². The van der Waals surface area contributed by atoms with E-state index in [4.69, 9.17) is 0 Å². The van der Waals surface area contributed by atoms with E-state index >= 15 is 0 Å². The quantitative estimate of drug-likeness (QED) is 0.647. The predicted molar refractivity (Wildman–Crippen MR) is 64.2 cm³/mol. The Hall–Kier alpha value is -2.56. The van der Waals surface area contributed by atoms with Gasteiger partial charge in [-0.05, 0) is 30.3 Å². The first kappa shape index (κ1) is 10.6. The maximum absolute atomic E-state index is 13.1. The number of hydrogen-bond acceptors (Lipinski definition) is 3. The van der Waals surface area contributed by atoms with Crippen molar-refractivity contribution in [3.63, 3.8) is 0 Å². The lowest BCUT2D eigenvalue weighted by molar-refractivity contribution is 0.112. The van der Waals surface area contributed by atoms with E-state index < -0.39 is 5.82 Å². The SMILES string of the molecule is O=Cc1cc(F)ccc1-n1nnc2ccccc21. The smallest absolute Gasteiger partial charge is 0.152 e. The average Bonchev–Trinajstić information content (AvgIpc) is 2.82. The molecule has 0 fully saturated rings. The highest BCUT2D eigenvalue weighted by Crippen LogP contribution is 2.19. The molecular formula is C13H8FN3O. The second-order valence-corrected chi connectivity index (χ2v) is 3.81. The van der Waals surface area contributed by atoms with Crippen LogP contribution in [-0.4, -0.2) is 21.3 Å². The number of halogens is 1. The zero-order chi connectivity index (χ0) is 12.5. The van der Waals surface area contributed by atoms with Crippen LogP contribution in [0.5, 0.6) is 0 Å². The Labute approximate surface area is 102 Å². The van der Waals surface area contributed by atoms with Crippen molar-refractivity contribution in [3.05, 3.63) is 53.8 Å². The van der Waals surface area contributed by atoms with E-state index in [2.05, 4.69) is 10.3 Å². The third-order valence-corrected chi connectivity index (χ3v) is 2.70. The third kappa shape index (κ3) is 1.57. The average molecular weight is 241 g/mol. The summed E-state index contributed by atoms with van der Waals surface area (Å²) in [6.45, 7) is 0. The van der Waals surface area contributed by atoms with Gasteiger partial charge in [0.05, 0.1) is 11.2 Å². The number of nitrogens with zero attached hydrogens (tertiary/aromatic N) is 3. The Morgan fingerprint density at radius 1 is 1.17 bits per heavy atom. The number of fused-ring (bicyclic) bond motifs is 1. The van der Waals surface area contributed by atoms with E-state index in [0.29, 0.717) is 12.0 Å². The first-order valence-corrected chi connectivity index (χ1v) is 5.35. The molecule has 0 amide bonds. The molecule has 0 aliphatic heterocycles. The van der Waals surface area contributed by atoms with Gasteiger partial charge in [-0.3, -0.25) is 4.79 Å². The van der Waals surface area contributed by atoms with Crippen LogP contribution in [0.25, 0.3) is 16.7 Å². The lowest BCUT2D eigenvalue weighted by Crippen LogP contribution is -2.01. The second kappa shape index (κ2) is 4.03. The van der Waals surface area contributed by atoms with E-state index in [1.54, 1.807) is 0 Å². The van der Waals surface area contributed by atoms with Crippen LogP contribution < -0.4 is 0 Å².